The standard InChI is InChI=1S/C11H24N2OS/c1-3-7-10(12)11(14)13-8-5-4-6-9-15-2/h10H,3-9,12H2,1-2H3,(H,13,14)/t10-/m1/s1. The first kappa shape index (κ1) is 14.8. The van der Waals surface area contributed by atoms with Crippen LogP contribution in [0.2, 0.25) is 0 Å². The van der Waals surface area contributed by atoms with Crippen LogP contribution in [0.5, 0.6) is 0 Å². The predicted molar refractivity (Wildman–Crippen MR) is 68.1 cm³/mol. The third-order valence-electron chi connectivity index (χ3n) is 2.26. The summed E-state index contributed by atoms with van der Waals surface area (Å²) >= 11 is 1.87. The van der Waals surface area contributed by atoms with Gasteiger partial charge in [-0.05, 0) is 31.3 Å². The van der Waals surface area contributed by atoms with Crippen LogP contribution >= 0.6 is 11.8 Å². The molecule has 1 amide bonds. The lowest BCUT2D eigenvalue weighted by Gasteiger charge is -2.10. The molecule has 0 aliphatic rings. The van der Waals surface area contributed by atoms with E-state index in [-0.39, 0.29) is 11.9 Å². The van der Waals surface area contributed by atoms with Crippen molar-refractivity contribution in [2.75, 3.05) is 18.6 Å². The molecule has 4 heteroatoms. The van der Waals surface area contributed by atoms with Gasteiger partial charge in [0, 0.05) is 6.54 Å². The minimum atomic E-state index is -0.318. The number of thioether (sulfide) groups is 1. The highest BCUT2D eigenvalue weighted by atomic mass is 32.2. The molecule has 0 saturated heterocycles. The van der Waals surface area contributed by atoms with Crippen molar-refractivity contribution in [2.24, 2.45) is 5.73 Å². The maximum Gasteiger partial charge on any atom is 0.236 e. The van der Waals surface area contributed by atoms with Crippen LogP contribution in [-0.4, -0.2) is 30.5 Å². The normalized spacial score (nSPS) is 12.5. The second-order valence-corrected chi connectivity index (χ2v) is 4.73. The van der Waals surface area contributed by atoms with Crippen LogP contribution in [-0.2, 0) is 4.79 Å². The Kier molecular flexibility index (Phi) is 10.2. The number of hydrogen-bond acceptors (Lipinski definition) is 3. The van der Waals surface area contributed by atoms with E-state index in [2.05, 4.69) is 11.6 Å². The van der Waals surface area contributed by atoms with Gasteiger partial charge in [0.1, 0.15) is 0 Å². The van der Waals surface area contributed by atoms with Gasteiger partial charge in [-0.1, -0.05) is 19.8 Å². The highest BCUT2D eigenvalue weighted by Crippen LogP contribution is 2.01. The highest BCUT2D eigenvalue weighted by molar-refractivity contribution is 7.98. The van der Waals surface area contributed by atoms with Crippen LogP contribution in [0.4, 0.5) is 0 Å². The van der Waals surface area contributed by atoms with Gasteiger partial charge in [0.2, 0.25) is 5.91 Å². The maximum absolute atomic E-state index is 11.4. The summed E-state index contributed by atoms with van der Waals surface area (Å²) in [5, 5.41) is 2.87. The van der Waals surface area contributed by atoms with Gasteiger partial charge in [-0.3, -0.25) is 4.79 Å². The first-order valence-corrected chi connectivity index (χ1v) is 7.14. The molecule has 90 valence electrons. The average Bonchev–Trinajstić information content (AvgIpc) is 2.23. The summed E-state index contributed by atoms with van der Waals surface area (Å²) in [6.07, 6.45) is 7.33. The fourth-order valence-corrected chi connectivity index (χ4v) is 1.83. The predicted octanol–water partition coefficient (Wildman–Crippen LogP) is 1.76. The zero-order chi connectivity index (χ0) is 11.5. The van der Waals surface area contributed by atoms with Crippen molar-refractivity contribution < 1.29 is 4.79 Å². The Labute approximate surface area is 97.6 Å². The SMILES string of the molecule is CCC[C@@H](N)C(=O)NCCCCCSC. The van der Waals surface area contributed by atoms with Crippen molar-refractivity contribution in [1.82, 2.24) is 5.32 Å². The molecule has 0 saturated carbocycles. The van der Waals surface area contributed by atoms with Gasteiger partial charge in [-0.2, -0.15) is 11.8 Å². The van der Waals surface area contributed by atoms with Gasteiger partial charge in [-0.15, -0.1) is 0 Å². The molecule has 0 aliphatic heterocycles. The molecule has 15 heavy (non-hydrogen) atoms. The van der Waals surface area contributed by atoms with E-state index in [1.807, 2.05) is 18.7 Å². The van der Waals surface area contributed by atoms with Crippen LogP contribution in [0.1, 0.15) is 39.0 Å². The van der Waals surface area contributed by atoms with Crippen molar-refractivity contribution in [2.45, 2.75) is 45.1 Å². The zero-order valence-corrected chi connectivity index (χ0v) is 10.7. The summed E-state index contributed by atoms with van der Waals surface area (Å²) in [5.41, 5.74) is 5.67. The summed E-state index contributed by atoms with van der Waals surface area (Å²) < 4.78 is 0. The van der Waals surface area contributed by atoms with Gasteiger partial charge in [0.05, 0.1) is 6.04 Å². The monoisotopic (exact) mass is 232 g/mol. The van der Waals surface area contributed by atoms with Crippen molar-refractivity contribution in [3.05, 3.63) is 0 Å². The molecule has 0 aromatic rings. The minimum Gasteiger partial charge on any atom is -0.355 e. The fraction of sp³-hybridized carbons (Fsp3) is 0.909. The van der Waals surface area contributed by atoms with Crippen molar-refractivity contribution in [1.29, 1.82) is 0 Å². The minimum absolute atomic E-state index is 0.00159. The number of amides is 1. The van der Waals surface area contributed by atoms with Gasteiger partial charge >= 0.3 is 0 Å². The molecule has 3 nitrogen and oxygen atoms in total. The second kappa shape index (κ2) is 10.3. The quantitative estimate of drug-likeness (QED) is 0.596. The maximum atomic E-state index is 11.4. The van der Waals surface area contributed by atoms with Crippen LogP contribution in [0, 0.1) is 0 Å². The van der Waals surface area contributed by atoms with E-state index < -0.39 is 0 Å². The summed E-state index contributed by atoms with van der Waals surface area (Å²) in [7, 11) is 0. The molecular weight excluding hydrogens is 208 g/mol. The lowest BCUT2D eigenvalue weighted by Crippen LogP contribution is -2.40. The molecule has 0 aromatic carbocycles. The van der Waals surface area contributed by atoms with Crippen LogP contribution in [0.3, 0.4) is 0 Å². The molecule has 0 aliphatic carbocycles. The van der Waals surface area contributed by atoms with E-state index in [0.29, 0.717) is 0 Å². The second-order valence-electron chi connectivity index (χ2n) is 3.74. The lowest BCUT2D eigenvalue weighted by atomic mass is 10.1. The Hall–Kier alpha value is -0.220. The molecular formula is C11H24N2OS. The smallest absolute Gasteiger partial charge is 0.236 e. The van der Waals surface area contributed by atoms with Gasteiger partial charge in [0.15, 0.2) is 0 Å². The molecule has 0 radical (unpaired) electrons. The molecule has 0 rings (SSSR count). The number of nitrogens with one attached hydrogen (secondary N) is 1. The highest BCUT2D eigenvalue weighted by Gasteiger charge is 2.10. The largest absolute Gasteiger partial charge is 0.355 e. The summed E-state index contributed by atoms with van der Waals surface area (Å²) in [5.74, 6) is 1.21. The van der Waals surface area contributed by atoms with Gasteiger partial charge in [-0.25, -0.2) is 0 Å². The number of unbranched alkanes of at least 4 members (excludes halogenated alkanes) is 2. The van der Waals surface area contributed by atoms with E-state index in [1.165, 1.54) is 18.6 Å². The van der Waals surface area contributed by atoms with Crippen molar-refractivity contribution in [3.63, 3.8) is 0 Å². The molecule has 1 atom stereocenters. The number of rotatable bonds is 9. The average molecular weight is 232 g/mol. The molecule has 3 N–H and O–H groups in total. The fourth-order valence-electron chi connectivity index (χ4n) is 1.33. The van der Waals surface area contributed by atoms with E-state index in [9.17, 15) is 4.79 Å². The molecule has 0 unspecified atom stereocenters. The number of carbonyl (C=O) groups excluding carboxylic acids is 1. The Morgan fingerprint density at radius 3 is 2.73 bits per heavy atom. The van der Waals surface area contributed by atoms with E-state index in [4.69, 9.17) is 5.73 Å². The molecule has 0 aromatic heterocycles. The number of nitrogens with two attached hydrogens (primary N) is 1. The molecule has 0 spiro atoms. The Bertz CT molecular complexity index is 165. The van der Waals surface area contributed by atoms with Crippen molar-refractivity contribution >= 4 is 17.7 Å². The Morgan fingerprint density at radius 2 is 2.13 bits per heavy atom. The number of carbonyl (C=O) groups is 1. The first-order chi connectivity index (χ1) is 7.22. The summed E-state index contributed by atoms with van der Waals surface area (Å²) in [4.78, 5) is 11.4. The van der Waals surface area contributed by atoms with Crippen molar-refractivity contribution in [3.8, 4) is 0 Å². The van der Waals surface area contributed by atoms with Gasteiger partial charge < -0.3 is 11.1 Å². The van der Waals surface area contributed by atoms with Crippen LogP contribution in [0.25, 0.3) is 0 Å². The summed E-state index contributed by atoms with van der Waals surface area (Å²) in [6, 6.07) is -0.318. The Balaban J connectivity index is 3.30. The third-order valence-corrected chi connectivity index (χ3v) is 2.96. The van der Waals surface area contributed by atoms with E-state index >= 15 is 0 Å². The van der Waals surface area contributed by atoms with Gasteiger partial charge in [0.25, 0.3) is 0 Å². The molecule has 0 bridgehead atoms. The van der Waals surface area contributed by atoms with E-state index in [1.54, 1.807) is 0 Å². The van der Waals surface area contributed by atoms with Crippen LogP contribution in [0.15, 0.2) is 0 Å². The summed E-state index contributed by atoms with van der Waals surface area (Å²) in [6.45, 7) is 2.81. The van der Waals surface area contributed by atoms with Crippen LogP contribution < -0.4 is 11.1 Å². The Morgan fingerprint density at radius 1 is 1.40 bits per heavy atom. The molecule has 0 fully saturated rings. The van der Waals surface area contributed by atoms with E-state index in [0.717, 1.165) is 25.8 Å². The topological polar surface area (TPSA) is 55.1 Å². The first-order valence-electron chi connectivity index (χ1n) is 5.74. The molecule has 0 heterocycles. The lowest BCUT2D eigenvalue weighted by molar-refractivity contribution is -0.122. The zero-order valence-electron chi connectivity index (χ0n) is 9.92. The third kappa shape index (κ3) is 8.75. The number of hydrogen-bond donors (Lipinski definition) is 2.